The van der Waals surface area contributed by atoms with Gasteiger partial charge in [0.15, 0.2) is 15.3 Å². The van der Waals surface area contributed by atoms with Crippen molar-refractivity contribution >= 4 is 30.1 Å². The molecule has 6 N–H and O–H groups in total. The van der Waals surface area contributed by atoms with Crippen LogP contribution in [0.25, 0.3) is 0 Å². The maximum absolute atomic E-state index is 11.9. The molecule has 4 unspecified atom stereocenters. The number of hydrogen-bond donors (Lipinski definition) is 6. The topological polar surface area (TPSA) is 224 Å². The molecule has 0 saturated heterocycles. The van der Waals surface area contributed by atoms with Gasteiger partial charge >= 0.3 is 0 Å². The van der Waals surface area contributed by atoms with Crippen molar-refractivity contribution in [2.75, 3.05) is 19.0 Å². The molecule has 0 aliphatic heterocycles. The third kappa shape index (κ3) is 5.67. The summed E-state index contributed by atoms with van der Waals surface area (Å²) in [6.45, 7) is -2.75. The number of rotatable bonds is 9. The van der Waals surface area contributed by atoms with Gasteiger partial charge in [-0.1, -0.05) is 0 Å². The molecule has 0 aromatic rings. The zero-order valence-electron chi connectivity index (χ0n) is 10.8. The van der Waals surface area contributed by atoms with E-state index in [4.69, 9.17) is 19.3 Å². The fraction of sp³-hybridized carbons (Fsp3) is 1.00. The monoisotopic (exact) mass is 388 g/mol. The quantitative estimate of drug-likeness (QED) is 0.206. The van der Waals surface area contributed by atoms with Gasteiger partial charge in [0.05, 0.1) is 25.1 Å². The third-order valence-corrected chi connectivity index (χ3v) is 7.38. The second-order valence-corrected chi connectivity index (χ2v) is 9.67. The summed E-state index contributed by atoms with van der Waals surface area (Å²) in [6.07, 6.45) is -2.23. The lowest BCUT2D eigenvalue weighted by molar-refractivity contribution is 0.0928. The molecule has 0 spiro atoms. The first-order valence-corrected chi connectivity index (χ1v) is 10.1. The molecule has 15 heteroatoms. The smallest absolute Gasteiger partial charge is 0.293 e. The highest BCUT2D eigenvalue weighted by molar-refractivity contribution is 7.95. The van der Waals surface area contributed by atoms with E-state index in [-0.39, 0.29) is 0 Å². The van der Waals surface area contributed by atoms with Gasteiger partial charge in [-0.25, -0.2) is 8.42 Å². The molecule has 0 radical (unpaired) electrons. The lowest BCUT2D eigenvalue weighted by Gasteiger charge is -2.23. The van der Waals surface area contributed by atoms with Gasteiger partial charge in [0.2, 0.25) is 0 Å². The Kier molecular flexibility index (Phi) is 7.32. The lowest BCUT2D eigenvalue weighted by atomic mass is 10.3. The van der Waals surface area contributed by atoms with E-state index in [9.17, 15) is 35.5 Å². The predicted octanol–water partition coefficient (Wildman–Crippen LogP) is -4.42. The predicted molar refractivity (Wildman–Crippen MR) is 70.6 cm³/mol. The Bertz CT molecular complexity index is 662. The summed E-state index contributed by atoms with van der Waals surface area (Å²) >= 11 is 0. The summed E-state index contributed by atoms with van der Waals surface area (Å²) in [5, 5.41) is 30.9. The van der Waals surface area contributed by atoms with E-state index < -0.39 is 71.1 Å². The fourth-order valence-electron chi connectivity index (χ4n) is 1.44. The summed E-state index contributed by atoms with van der Waals surface area (Å²) in [5.74, 6) is -1.62. The van der Waals surface area contributed by atoms with Crippen LogP contribution in [0.4, 0.5) is 0 Å². The van der Waals surface area contributed by atoms with Crippen LogP contribution >= 0.6 is 0 Å². The first-order chi connectivity index (χ1) is 9.68. The van der Waals surface area contributed by atoms with Gasteiger partial charge < -0.3 is 20.4 Å². The molecular weight excluding hydrogens is 372 g/mol. The van der Waals surface area contributed by atoms with E-state index in [1.54, 1.807) is 0 Å². The molecule has 0 fully saturated rings. The number of aliphatic hydroxyl groups excluding tert-OH is 4. The first kappa shape index (κ1) is 21.6. The molecule has 0 rings (SSSR count). The van der Waals surface area contributed by atoms with Gasteiger partial charge in [0.1, 0.15) is 10.5 Å². The minimum absolute atomic E-state index is 1.25. The summed E-state index contributed by atoms with van der Waals surface area (Å²) in [4.78, 5) is 0. The van der Waals surface area contributed by atoms with Crippen LogP contribution in [0.1, 0.15) is 0 Å². The molecule has 22 heavy (non-hydrogen) atoms. The molecule has 0 heterocycles. The van der Waals surface area contributed by atoms with E-state index in [2.05, 4.69) is 0 Å². The number of aliphatic hydroxyl groups is 4. The lowest BCUT2D eigenvalue weighted by Crippen LogP contribution is -2.48. The van der Waals surface area contributed by atoms with Gasteiger partial charge in [-0.05, 0) is 0 Å². The number of hydrogen-bond acceptors (Lipinski definition) is 10. The van der Waals surface area contributed by atoms with Crippen molar-refractivity contribution in [2.24, 2.45) is 0 Å². The molecule has 4 atom stereocenters. The Morgan fingerprint density at radius 1 is 0.727 bits per heavy atom. The Morgan fingerprint density at radius 2 is 1.18 bits per heavy atom. The summed E-state index contributed by atoms with van der Waals surface area (Å²) in [6, 6.07) is 0. The van der Waals surface area contributed by atoms with Crippen LogP contribution in [-0.4, -0.2) is 95.8 Å². The molecule has 12 nitrogen and oxygen atoms in total. The Hall–Kier alpha value is -0.390. The van der Waals surface area contributed by atoms with Gasteiger partial charge in [0.25, 0.3) is 20.2 Å². The van der Waals surface area contributed by atoms with E-state index in [0.29, 0.717) is 0 Å². The highest BCUT2D eigenvalue weighted by atomic mass is 32.2. The van der Waals surface area contributed by atoms with Crippen molar-refractivity contribution in [1.82, 2.24) is 0 Å². The molecule has 0 amide bonds. The summed E-state index contributed by atoms with van der Waals surface area (Å²) in [7, 11) is -15.4. The summed E-state index contributed by atoms with van der Waals surface area (Å²) < 4.78 is 84.6. The Balaban J connectivity index is 5.71. The van der Waals surface area contributed by atoms with Crippen LogP contribution in [0.2, 0.25) is 0 Å². The summed E-state index contributed by atoms with van der Waals surface area (Å²) in [5.41, 5.74) is -2.98. The zero-order chi connectivity index (χ0) is 17.9. The van der Waals surface area contributed by atoms with Crippen molar-refractivity contribution in [3.63, 3.8) is 0 Å². The SMILES string of the molecule is O=S(=O)(O)C(O)C(CO)S(=O)(=O)CC(C(O)CO)S(=O)(=O)O. The minimum atomic E-state index is -5.30. The molecule has 0 aliphatic rings. The zero-order valence-corrected chi connectivity index (χ0v) is 13.2. The van der Waals surface area contributed by atoms with Crippen molar-refractivity contribution in [2.45, 2.75) is 22.0 Å². The second-order valence-electron chi connectivity index (χ2n) is 4.26. The van der Waals surface area contributed by atoms with Crippen molar-refractivity contribution < 1.29 is 54.8 Å². The largest absolute Gasteiger partial charge is 0.395 e. The van der Waals surface area contributed by atoms with Crippen molar-refractivity contribution in [3.8, 4) is 0 Å². The maximum atomic E-state index is 11.9. The minimum Gasteiger partial charge on any atom is -0.395 e. The second kappa shape index (κ2) is 7.45. The standard InChI is InChI=1S/C7H16O12S3/c8-1-4(10)6(21(14,15)16)3-20(12,13)5(2-9)7(11)22(17,18)19/h4-11H,1-3H2,(H,14,15,16)(H,17,18,19). The van der Waals surface area contributed by atoms with Crippen molar-refractivity contribution in [3.05, 3.63) is 0 Å². The molecule has 0 aromatic carbocycles. The van der Waals surface area contributed by atoms with Gasteiger partial charge in [-0.3, -0.25) is 9.11 Å². The average Bonchev–Trinajstić information content (AvgIpc) is 2.33. The molecule has 0 saturated carbocycles. The molecule has 0 aliphatic carbocycles. The highest BCUT2D eigenvalue weighted by Crippen LogP contribution is 2.17. The number of sulfone groups is 1. The average molecular weight is 388 g/mol. The van der Waals surface area contributed by atoms with Crippen LogP contribution in [-0.2, 0) is 30.1 Å². The molecule has 134 valence electrons. The van der Waals surface area contributed by atoms with Crippen LogP contribution in [0.5, 0.6) is 0 Å². The van der Waals surface area contributed by atoms with E-state index in [1.165, 1.54) is 0 Å². The molecule has 0 aromatic heterocycles. The fourth-order valence-corrected chi connectivity index (χ4v) is 6.09. The van der Waals surface area contributed by atoms with Gasteiger partial charge in [0, 0.05) is 0 Å². The van der Waals surface area contributed by atoms with Gasteiger partial charge in [-0.15, -0.1) is 0 Å². The van der Waals surface area contributed by atoms with Gasteiger partial charge in [-0.2, -0.15) is 16.8 Å². The van der Waals surface area contributed by atoms with E-state index in [1.807, 2.05) is 0 Å². The van der Waals surface area contributed by atoms with Crippen LogP contribution in [0, 0.1) is 0 Å². The highest BCUT2D eigenvalue weighted by Gasteiger charge is 2.44. The third-order valence-electron chi connectivity index (χ3n) is 2.66. The Labute approximate surface area is 126 Å². The van der Waals surface area contributed by atoms with Crippen molar-refractivity contribution in [1.29, 1.82) is 0 Å². The molecule has 0 bridgehead atoms. The maximum Gasteiger partial charge on any atom is 0.293 e. The normalized spacial score (nSPS) is 19.4. The van der Waals surface area contributed by atoms with Crippen LogP contribution in [0.3, 0.4) is 0 Å². The Morgan fingerprint density at radius 3 is 1.45 bits per heavy atom. The van der Waals surface area contributed by atoms with E-state index in [0.717, 1.165) is 0 Å². The van der Waals surface area contributed by atoms with Crippen LogP contribution < -0.4 is 0 Å². The van der Waals surface area contributed by atoms with Crippen LogP contribution in [0.15, 0.2) is 0 Å². The first-order valence-electron chi connectivity index (χ1n) is 5.40. The van der Waals surface area contributed by atoms with E-state index >= 15 is 0 Å². The molecular formula is C7H16O12S3.